The number of aliphatic hydroxyl groups is 1. The van der Waals surface area contributed by atoms with Crippen LogP contribution in [-0.2, 0) is 0 Å². The number of amides is 2. The summed E-state index contributed by atoms with van der Waals surface area (Å²) in [5, 5.41) is 15.4. The summed E-state index contributed by atoms with van der Waals surface area (Å²) in [4.78, 5) is 11.8. The Hall–Kier alpha value is -1.75. The summed E-state index contributed by atoms with van der Waals surface area (Å²) in [6, 6.07) is 7.69. The molecule has 5 heteroatoms. The number of hydrogen-bond donors (Lipinski definition) is 3. The lowest BCUT2D eigenvalue weighted by atomic mass is 9.87. The molecule has 0 radical (unpaired) electrons. The number of carbonyl (C=O) groups excluding carboxylic acids is 1. The number of urea groups is 1. The van der Waals surface area contributed by atoms with Gasteiger partial charge in [0.1, 0.15) is 11.9 Å². The molecule has 3 N–H and O–H groups in total. The SMILES string of the molecule is Cc1cccc(OC(C)CNC(=O)NCC2CCCC(O)C2)c1. The van der Waals surface area contributed by atoms with Crippen molar-refractivity contribution in [3.8, 4) is 5.75 Å². The number of ether oxygens (including phenoxy) is 1. The van der Waals surface area contributed by atoms with Gasteiger partial charge in [-0.15, -0.1) is 0 Å². The van der Waals surface area contributed by atoms with E-state index >= 15 is 0 Å². The molecule has 5 nitrogen and oxygen atoms in total. The highest BCUT2D eigenvalue weighted by atomic mass is 16.5. The van der Waals surface area contributed by atoms with Gasteiger partial charge < -0.3 is 20.5 Å². The number of rotatable bonds is 6. The standard InChI is InChI=1S/C18H28N2O3/c1-13-5-3-8-17(9-13)23-14(2)11-19-18(22)20-12-15-6-4-7-16(21)10-15/h3,5,8-9,14-16,21H,4,6-7,10-12H2,1-2H3,(H2,19,20,22). The number of aliphatic hydroxyl groups excluding tert-OH is 1. The number of nitrogens with one attached hydrogen (secondary N) is 2. The fourth-order valence-corrected chi connectivity index (χ4v) is 2.95. The highest BCUT2D eigenvalue weighted by molar-refractivity contribution is 5.73. The van der Waals surface area contributed by atoms with Gasteiger partial charge in [-0.05, 0) is 56.7 Å². The highest BCUT2D eigenvalue weighted by Crippen LogP contribution is 2.23. The molecular weight excluding hydrogens is 292 g/mol. The van der Waals surface area contributed by atoms with Gasteiger partial charge in [0.15, 0.2) is 0 Å². The van der Waals surface area contributed by atoms with E-state index < -0.39 is 0 Å². The number of carbonyl (C=O) groups is 1. The first kappa shape index (κ1) is 17.6. The van der Waals surface area contributed by atoms with Crippen molar-refractivity contribution in [3.05, 3.63) is 29.8 Å². The lowest BCUT2D eigenvalue weighted by molar-refractivity contribution is 0.101. The largest absolute Gasteiger partial charge is 0.489 e. The lowest BCUT2D eigenvalue weighted by Crippen LogP contribution is -2.42. The van der Waals surface area contributed by atoms with Crippen LogP contribution >= 0.6 is 0 Å². The molecule has 1 aromatic rings. The molecule has 23 heavy (non-hydrogen) atoms. The second-order valence-corrected chi connectivity index (χ2v) is 6.52. The summed E-state index contributed by atoms with van der Waals surface area (Å²) in [6.07, 6.45) is 3.48. The first-order valence-electron chi connectivity index (χ1n) is 8.46. The predicted molar refractivity (Wildman–Crippen MR) is 90.6 cm³/mol. The normalized spacial score (nSPS) is 22.2. The van der Waals surface area contributed by atoms with E-state index in [-0.39, 0.29) is 18.2 Å². The van der Waals surface area contributed by atoms with Crippen molar-refractivity contribution in [1.82, 2.24) is 10.6 Å². The second kappa shape index (κ2) is 8.77. The van der Waals surface area contributed by atoms with Crippen LogP contribution in [0.2, 0.25) is 0 Å². The van der Waals surface area contributed by atoms with E-state index in [1.54, 1.807) is 0 Å². The minimum atomic E-state index is -0.207. The van der Waals surface area contributed by atoms with E-state index in [0.717, 1.165) is 37.0 Å². The van der Waals surface area contributed by atoms with Gasteiger partial charge in [0.05, 0.1) is 12.6 Å². The van der Waals surface area contributed by atoms with Crippen LogP contribution < -0.4 is 15.4 Å². The van der Waals surface area contributed by atoms with Gasteiger partial charge in [-0.25, -0.2) is 4.79 Å². The minimum Gasteiger partial charge on any atom is -0.489 e. The Morgan fingerprint density at radius 3 is 2.96 bits per heavy atom. The number of benzene rings is 1. The molecule has 2 amide bonds. The smallest absolute Gasteiger partial charge is 0.314 e. The summed E-state index contributed by atoms with van der Waals surface area (Å²) in [7, 11) is 0. The van der Waals surface area contributed by atoms with Gasteiger partial charge >= 0.3 is 6.03 Å². The average molecular weight is 320 g/mol. The third-order valence-electron chi connectivity index (χ3n) is 4.18. The monoisotopic (exact) mass is 320 g/mol. The third kappa shape index (κ3) is 6.48. The Labute approximate surface area is 138 Å². The molecule has 1 aliphatic rings. The third-order valence-corrected chi connectivity index (χ3v) is 4.18. The molecule has 0 aromatic heterocycles. The van der Waals surface area contributed by atoms with Gasteiger partial charge in [0, 0.05) is 6.54 Å². The zero-order valence-corrected chi connectivity index (χ0v) is 14.0. The first-order chi connectivity index (χ1) is 11.0. The zero-order valence-electron chi connectivity index (χ0n) is 14.0. The van der Waals surface area contributed by atoms with Crippen LogP contribution in [0.15, 0.2) is 24.3 Å². The molecule has 3 unspecified atom stereocenters. The van der Waals surface area contributed by atoms with Crippen LogP contribution in [0.4, 0.5) is 4.79 Å². The van der Waals surface area contributed by atoms with E-state index in [2.05, 4.69) is 10.6 Å². The quantitative estimate of drug-likeness (QED) is 0.754. The zero-order chi connectivity index (χ0) is 16.7. The van der Waals surface area contributed by atoms with Crippen LogP contribution in [0.3, 0.4) is 0 Å². The topological polar surface area (TPSA) is 70.6 Å². The molecule has 1 aliphatic carbocycles. The fraction of sp³-hybridized carbons (Fsp3) is 0.611. The summed E-state index contributed by atoms with van der Waals surface area (Å²) in [6.45, 7) is 5.02. The van der Waals surface area contributed by atoms with E-state index in [1.165, 1.54) is 0 Å². The Bertz CT molecular complexity index is 507. The van der Waals surface area contributed by atoms with Crippen LogP contribution in [0, 0.1) is 12.8 Å². The molecule has 2 rings (SSSR count). The molecule has 0 aliphatic heterocycles. The summed E-state index contributed by atoms with van der Waals surface area (Å²) >= 11 is 0. The molecular formula is C18H28N2O3. The van der Waals surface area contributed by atoms with Gasteiger partial charge in [-0.2, -0.15) is 0 Å². The Balaban J connectivity index is 1.63. The maximum atomic E-state index is 11.8. The van der Waals surface area contributed by atoms with Crippen molar-refractivity contribution in [2.45, 2.75) is 51.7 Å². The molecule has 128 valence electrons. The number of aryl methyl sites for hydroxylation is 1. The minimum absolute atomic E-state index is 0.0981. The van der Waals surface area contributed by atoms with E-state index in [4.69, 9.17) is 4.74 Å². The number of hydrogen-bond acceptors (Lipinski definition) is 3. The molecule has 0 heterocycles. The Morgan fingerprint density at radius 1 is 1.39 bits per heavy atom. The lowest BCUT2D eigenvalue weighted by Gasteiger charge is -2.26. The molecule has 1 aromatic carbocycles. The average Bonchev–Trinajstić information content (AvgIpc) is 2.51. The molecule has 1 saturated carbocycles. The molecule has 0 spiro atoms. The second-order valence-electron chi connectivity index (χ2n) is 6.52. The molecule has 0 saturated heterocycles. The van der Waals surface area contributed by atoms with E-state index in [0.29, 0.717) is 19.0 Å². The fourth-order valence-electron chi connectivity index (χ4n) is 2.95. The summed E-state index contributed by atoms with van der Waals surface area (Å²) in [5.41, 5.74) is 1.15. The van der Waals surface area contributed by atoms with Crippen LogP contribution in [0.25, 0.3) is 0 Å². The van der Waals surface area contributed by atoms with Crippen molar-refractivity contribution in [3.63, 3.8) is 0 Å². The van der Waals surface area contributed by atoms with Gasteiger partial charge in [-0.1, -0.05) is 18.6 Å². The van der Waals surface area contributed by atoms with Crippen molar-refractivity contribution in [1.29, 1.82) is 0 Å². The van der Waals surface area contributed by atoms with Gasteiger partial charge in [0.2, 0.25) is 0 Å². The molecule has 0 bridgehead atoms. The van der Waals surface area contributed by atoms with Crippen molar-refractivity contribution in [2.24, 2.45) is 5.92 Å². The highest BCUT2D eigenvalue weighted by Gasteiger charge is 2.20. The summed E-state index contributed by atoms with van der Waals surface area (Å²) in [5.74, 6) is 1.20. The van der Waals surface area contributed by atoms with E-state index in [1.807, 2.05) is 38.1 Å². The van der Waals surface area contributed by atoms with Gasteiger partial charge in [0.25, 0.3) is 0 Å². The maximum Gasteiger partial charge on any atom is 0.314 e. The summed E-state index contributed by atoms with van der Waals surface area (Å²) < 4.78 is 5.78. The van der Waals surface area contributed by atoms with E-state index in [9.17, 15) is 9.90 Å². The van der Waals surface area contributed by atoms with Crippen molar-refractivity contribution < 1.29 is 14.6 Å². The maximum absolute atomic E-state index is 11.8. The molecule has 1 fully saturated rings. The molecule has 3 atom stereocenters. The van der Waals surface area contributed by atoms with Crippen molar-refractivity contribution >= 4 is 6.03 Å². The van der Waals surface area contributed by atoms with Gasteiger partial charge in [-0.3, -0.25) is 0 Å². The van der Waals surface area contributed by atoms with Crippen LogP contribution in [0.5, 0.6) is 5.75 Å². The predicted octanol–water partition coefficient (Wildman–Crippen LogP) is 2.61. The Kier molecular flexibility index (Phi) is 6.71. The van der Waals surface area contributed by atoms with Crippen LogP contribution in [-0.4, -0.2) is 36.4 Å². The van der Waals surface area contributed by atoms with Crippen molar-refractivity contribution in [2.75, 3.05) is 13.1 Å². The first-order valence-corrected chi connectivity index (χ1v) is 8.46. The Morgan fingerprint density at radius 2 is 2.22 bits per heavy atom. The van der Waals surface area contributed by atoms with Crippen LogP contribution in [0.1, 0.15) is 38.2 Å².